The van der Waals surface area contributed by atoms with Gasteiger partial charge in [-0.05, 0) is 25.1 Å². The lowest BCUT2D eigenvalue weighted by Crippen LogP contribution is -2.06. The molecule has 0 saturated heterocycles. The van der Waals surface area contributed by atoms with Crippen molar-refractivity contribution in [2.24, 2.45) is 7.05 Å². The van der Waals surface area contributed by atoms with Crippen molar-refractivity contribution in [1.82, 2.24) is 14.8 Å². The number of aromatic amines is 1. The molecule has 1 aromatic carbocycles. The number of pyridine rings is 1. The van der Waals surface area contributed by atoms with Crippen molar-refractivity contribution in [3.8, 4) is 22.8 Å². The molecule has 0 aliphatic carbocycles. The van der Waals surface area contributed by atoms with Crippen LogP contribution in [0.2, 0.25) is 5.02 Å². The van der Waals surface area contributed by atoms with Gasteiger partial charge in [0.1, 0.15) is 11.4 Å². The number of methoxy groups -OCH3 is 1. The zero-order valence-electron chi connectivity index (χ0n) is 12.3. The van der Waals surface area contributed by atoms with Crippen molar-refractivity contribution in [1.29, 1.82) is 0 Å². The van der Waals surface area contributed by atoms with Gasteiger partial charge in [0.15, 0.2) is 5.75 Å². The Labute approximate surface area is 130 Å². The summed E-state index contributed by atoms with van der Waals surface area (Å²) < 4.78 is 6.73. The minimum absolute atomic E-state index is 0.240. The number of aromatic nitrogens is 3. The number of hydrogen-bond donors (Lipinski definition) is 2. The van der Waals surface area contributed by atoms with Crippen molar-refractivity contribution in [3.05, 3.63) is 39.1 Å². The van der Waals surface area contributed by atoms with Crippen LogP contribution in [0.3, 0.4) is 0 Å². The van der Waals surface area contributed by atoms with Crippen LogP contribution in [0, 0.1) is 6.92 Å². The number of hydrogen-bond acceptors (Lipinski definition) is 4. The van der Waals surface area contributed by atoms with Crippen LogP contribution < -0.4 is 10.2 Å². The molecule has 0 unspecified atom stereocenters. The summed E-state index contributed by atoms with van der Waals surface area (Å²) in [7, 11) is 3.25. The van der Waals surface area contributed by atoms with Crippen LogP contribution in [0.5, 0.6) is 11.5 Å². The van der Waals surface area contributed by atoms with Crippen LogP contribution in [0.15, 0.2) is 23.0 Å². The van der Waals surface area contributed by atoms with E-state index in [0.717, 1.165) is 0 Å². The van der Waals surface area contributed by atoms with E-state index in [0.29, 0.717) is 33.1 Å². The lowest BCUT2D eigenvalue weighted by molar-refractivity contribution is 0.415. The van der Waals surface area contributed by atoms with Gasteiger partial charge >= 0.3 is 0 Å². The number of H-pyrrole nitrogens is 1. The first-order valence-electron chi connectivity index (χ1n) is 6.56. The second-order valence-electron chi connectivity index (χ2n) is 4.96. The molecule has 114 valence electrons. The quantitative estimate of drug-likeness (QED) is 0.761. The van der Waals surface area contributed by atoms with Gasteiger partial charge in [-0.1, -0.05) is 11.6 Å². The van der Waals surface area contributed by atoms with E-state index in [9.17, 15) is 9.90 Å². The Kier molecular flexibility index (Phi) is 3.33. The number of nitrogens with one attached hydrogen (secondary N) is 1. The van der Waals surface area contributed by atoms with Crippen molar-refractivity contribution in [3.63, 3.8) is 0 Å². The maximum atomic E-state index is 12.4. The number of halogens is 1. The maximum absolute atomic E-state index is 12.4. The van der Waals surface area contributed by atoms with Crippen molar-refractivity contribution >= 4 is 22.6 Å². The molecule has 0 fully saturated rings. The van der Waals surface area contributed by atoms with Crippen LogP contribution in [-0.4, -0.2) is 27.0 Å². The highest BCUT2D eigenvalue weighted by atomic mass is 35.5. The van der Waals surface area contributed by atoms with Gasteiger partial charge in [-0.3, -0.25) is 9.48 Å². The van der Waals surface area contributed by atoms with Crippen molar-refractivity contribution in [2.45, 2.75) is 6.92 Å². The van der Waals surface area contributed by atoms with Gasteiger partial charge in [0.2, 0.25) is 5.43 Å². The number of fused-ring (bicyclic) bond motifs is 1. The molecule has 2 N–H and O–H groups in total. The van der Waals surface area contributed by atoms with Gasteiger partial charge in [-0.2, -0.15) is 5.10 Å². The first kappa shape index (κ1) is 14.5. The average Bonchev–Trinajstić information content (AvgIpc) is 2.78. The summed E-state index contributed by atoms with van der Waals surface area (Å²) in [5, 5.41) is 15.2. The van der Waals surface area contributed by atoms with E-state index in [-0.39, 0.29) is 5.69 Å². The Bertz CT molecular complexity index is 943. The largest absolute Gasteiger partial charge is 0.503 e. The molecule has 0 aliphatic heterocycles. The molecule has 22 heavy (non-hydrogen) atoms. The van der Waals surface area contributed by atoms with E-state index in [1.807, 2.05) is 0 Å². The first-order valence-corrected chi connectivity index (χ1v) is 6.94. The average molecular weight is 320 g/mol. The molecule has 2 aromatic heterocycles. The fourth-order valence-electron chi connectivity index (χ4n) is 2.50. The molecule has 0 bridgehead atoms. The zero-order valence-corrected chi connectivity index (χ0v) is 13.0. The number of ether oxygens (including phenoxy) is 1. The van der Waals surface area contributed by atoms with Crippen LogP contribution in [0.4, 0.5) is 0 Å². The van der Waals surface area contributed by atoms with Crippen molar-refractivity contribution in [2.75, 3.05) is 7.11 Å². The standard InChI is InChI=1S/C15H14ClN3O3/c1-7-11-13(20)14(21)12(17-15(11)19(2)18-7)9-6-8(22-3)4-5-10(9)16/h4-6,21H,1-3H3,(H,17,20). The Morgan fingerprint density at radius 1 is 1.41 bits per heavy atom. The number of aryl methyl sites for hydroxylation is 2. The molecule has 3 aromatic rings. The van der Waals surface area contributed by atoms with Gasteiger partial charge in [0.25, 0.3) is 0 Å². The number of rotatable bonds is 2. The predicted molar refractivity (Wildman–Crippen MR) is 84.7 cm³/mol. The Hall–Kier alpha value is -2.47. The summed E-state index contributed by atoms with van der Waals surface area (Å²) in [5.74, 6) is 0.180. The lowest BCUT2D eigenvalue weighted by Gasteiger charge is -2.10. The topological polar surface area (TPSA) is 80.1 Å². The number of aromatic hydroxyl groups is 1. The second kappa shape index (κ2) is 5.06. The summed E-state index contributed by atoms with van der Waals surface area (Å²) in [6.45, 7) is 1.72. The SMILES string of the molecule is COc1ccc(Cl)c(-c2[nH]c3c(c(C)nn3C)c(=O)c2O)c1. The van der Waals surface area contributed by atoms with Crippen LogP contribution >= 0.6 is 11.6 Å². The highest BCUT2D eigenvalue weighted by Crippen LogP contribution is 2.35. The van der Waals surface area contributed by atoms with E-state index in [1.54, 1.807) is 36.9 Å². The molecule has 3 rings (SSSR count). The predicted octanol–water partition coefficient (Wildman–Crippen LogP) is 2.60. The zero-order chi connectivity index (χ0) is 16.0. The normalized spacial score (nSPS) is 11.1. The molecule has 0 aliphatic rings. The fraction of sp³-hybridized carbons (Fsp3) is 0.200. The first-order chi connectivity index (χ1) is 10.4. The number of benzene rings is 1. The van der Waals surface area contributed by atoms with Gasteiger partial charge < -0.3 is 14.8 Å². The van der Waals surface area contributed by atoms with Crippen LogP contribution in [-0.2, 0) is 7.05 Å². The molecular formula is C15H14ClN3O3. The molecule has 0 spiro atoms. The highest BCUT2D eigenvalue weighted by Gasteiger charge is 2.19. The highest BCUT2D eigenvalue weighted by molar-refractivity contribution is 6.33. The third-order valence-electron chi connectivity index (χ3n) is 3.59. The van der Waals surface area contributed by atoms with E-state index < -0.39 is 11.2 Å². The Morgan fingerprint density at radius 3 is 2.82 bits per heavy atom. The molecule has 6 nitrogen and oxygen atoms in total. The Morgan fingerprint density at radius 2 is 2.14 bits per heavy atom. The van der Waals surface area contributed by atoms with Gasteiger partial charge in [-0.25, -0.2) is 0 Å². The molecule has 7 heteroatoms. The molecule has 2 heterocycles. The maximum Gasteiger partial charge on any atom is 0.235 e. The summed E-state index contributed by atoms with van der Waals surface area (Å²) >= 11 is 6.20. The van der Waals surface area contributed by atoms with Crippen LogP contribution in [0.1, 0.15) is 5.69 Å². The summed E-state index contributed by atoms with van der Waals surface area (Å²) in [5.41, 5.74) is 1.32. The molecule has 0 atom stereocenters. The van der Waals surface area contributed by atoms with Crippen LogP contribution in [0.25, 0.3) is 22.3 Å². The lowest BCUT2D eigenvalue weighted by atomic mass is 10.1. The molecule has 0 radical (unpaired) electrons. The third-order valence-corrected chi connectivity index (χ3v) is 3.92. The summed E-state index contributed by atoms with van der Waals surface area (Å²) in [4.78, 5) is 15.5. The van der Waals surface area contributed by atoms with Gasteiger partial charge in [-0.15, -0.1) is 0 Å². The second-order valence-corrected chi connectivity index (χ2v) is 5.36. The molecule has 0 saturated carbocycles. The molecular weight excluding hydrogens is 306 g/mol. The van der Waals surface area contributed by atoms with Gasteiger partial charge in [0.05, 0.1) is 28.9 Å². The van der Waals surface area contributed by atoms with E-state index in [1.165, 1.54) is 7.11 Å². The Balaban J connectivity index is 2.39. The van der Waals surface area contributed by atoms with Gasteiger partial charge in [0, 0.05) is 12.6 Å². The number of nitrogens with zero attached hydrogens (tertiary/aromatic N) is 2. The summed E-state index contributed by atoms with van der Waals surface area (Å²) in [6, 6.07) is 5.00. The van der Waals surface area contributed by atoms with E-state index in [2.05, 4.69) is 10.1 Å². The smallest absolute Gasteiger partial charge is 0.235 e. The van der Waals surface area contributed by atoms with Crippen molar-refractivity contribution < 1.29 is 9.84 Å². The third kappa shape index (κ3) is 2.03. The van der Waals surface area contributed by atoms with E-state index >= 15 is 0 Å². The minimum Gasteiger partial charge on any atom is -0.503 e. The monoisotopic (exact) mass is 319 g/mol. The minimum atomic E-state index is -0.478. The fourth-order valence-corrected chi connectivity index (χ4v) is 2.71. The molecule has 0 amide bonds. The van der Waals surface area contributed by atoms with E-state index in [4.69, 9.17) is 16.3 Å². The summed E-state index contributed by atoms with van der Waals surface area (Å²) in [6.07, 6.45) is 0.